The van der Waals surface area contributed by atoms with Crippen molar-refractivity contribution in [2.24, 2.45) is 0 Å². The second-order valence-electron chi connectivity index (χ2n) is 3.70. The Kier molecular flexibility index (Phi) is 3.49. The van der Waals surface area contributed by atoms with E-state index in [0.717, 1.165) is 10.6 Å². The molecule has 0 fully saturated rings. The molecule has 1 heterocycles. The van der Waals surface area contributed by atoms with Crippen molar-refractivity contribution in [1.82, 2.24) is 4.57 Å². The summed E-state index contributed by atoms with van der Waals surface area (Å²) < 4.78 is 1.85. The van der Waals surface area contributed by atoms with Gasteiger partial charge in [0.1, 0.15) is 6.07 Å². The number of nitriles is 1. The summed E-state index contributed by atoms with van der Waals surface area (Å²) in [6.45, 7) is 0. The van der Waals surface area contributed by atoms with Crippen LogP contribution in [0.25, 0.3) is 5.69 Å². The van der Waals surface area contributed by atoms with Crippen LogP contribution in [0, 0.1) is 11.3 Å². The normalized spacial score (nSPS) is 9.89. The van der Waals surface area contributed by atoms with E-state index in [2.05, 4.69) is 15.9 Å². The first-order chi connectivity index (χ1) is 9.02. The molecular formula is C13H7BrN2O3. The standard InChI is InChI=1S/C13H7BrN2O3/c14-10-2-3-11(9(5-10)6-15)16-7-8(13(18)19)1-4-12(16)17/h1-5,7H,(H,18,19). The molecule has 0 radical (unpaired) electrons. The lowest BCUT2D eigenvalue weighted by atomic mass is 10.2. The summed E-state index contributed by atoms with van der Waals surface area (Å²) in [4.78, 5) is 22.7. The minimum atomic E-state index is -1.13. The van der Waals surface area contributed by atoms with E-state index < -0.39 is 11.5 Å². The van der Waals surface area contributed by atoms with E-state index in [0.29, 0.717) is 10.2 Å². The van der Waals surface area contributed by atoms with Gasteiger partial charge in [-0.25, -0.2) is 4.79 Å². The fourth-order valence-corrected chi connectivity index (χ4v) is 1.97. The number of carboxylic acid groups (broad SMARTS) is 1. The number of rotatable bonds is 2. The van der Waals surface area contributed by atoms with Crippen LogP contribution in [0.3, 0.4) is 0 Å². The van der Waals surface area contributed by atoms with Gasteiger partial charge in [0, 0.05) is 16.7 Å². The van der Waals surface area contributed by atoms with Crippen LogP contribution in [0.4, 0.5) is 0 Å². The SMILES string of the molecule is N#Cc1cc(Br)ccc1-n1cc(C(=O)O)ccc1=O. The largest absolute Gasteiger partial charge is 0.478 e. The zero-order valence-electron chi connectivity index (χ0n) is 9.50. The topological polar surface area (TPSA) is 83.1 Å². The van der Waals surface area contributed by atoms with E-state index in [4.69, 9.17) is 10.4 Å². The Labute approximate surface area is 116 Å². The Hall–Kier alpha value is -2.39. The van der Waals surface area contributed by atoms with Gasteiger partial charge in [-0.15, -0.1) is 0 Å². The first-order valence-electron chi connectivity index (χ1n) is 5.19. The highest BCUT2D eigenvalue weighted by Crippen LogP contribution is 2.18. The Balaban J connectivity index is 2.72. The maximum Gasteiger partial charge on any atom is 0.337 e. The number of aromatic nitrogens is 1. The predicted octanol–water partition coefficient (Wildman–Crippen LogP) is 2.17. The molecule has 0 atom stereocenters. The van der Waals surface area contributed by atoms with Crippen molar-refractivity contribution in [2.45, 2.75) is 0 Å². The molecule has 1 aromatic heterocycles. The number of benzene rings is 1. The zero-order valence-corrected chi connectivity index (χ0v) is 11.1. The highest BCUT2D eigenvalue weighted by atomic mass is 79.9. The molecule has 1 N–H and O–H groups in total. The number of hydrogen-bond donors (Lipinski definition) is 1. The Morgan fingerprint density at radius 3 is 2.68 bits per heavy atom. The van der Waals surface area contributed by atoms with E-state index >= 15 is 0 Å². The first kappa shape index (κ1) is 13.1. The van der Waals surface area contributed by atoms with E-state index in [1.807, 2.05) is 6.07 Å². The summed E-state index contributed by atoms with van der Waals surface area (Å²) in [5.41, 5.74) is 0.202. The third kappa shape index (κ3) is 2.56. The van der Waals surface area contributed by atoms with Crippen molar-refractivity contribution >= 4 is 21.9 Å². The Morgan fingerprint density at radius 1 is 1.32 bits per heavy atom. The van der Waals surface area contributed by atoms with E-state index in [-0.39, 0.29) is 11.1 Å². The van der Waals surface area contributed by atoms with Crippen LogP contribution in [0.5, 0.6) is 0 Å². The van der Waals surface area contributed by atoms with Crippen molar-refractivity contribution < 1.29 is 9.90 Å². The number of nitrogens with zero attached hydrogens (tertiary/aromatic N) is 2. The van der Waals surface area contributed by atoms with Gasteiger partial charge in [-0.1, -0.05) is 15.9 Å². The van der Waals surface area contributed by atoms with Crippen LogP contribution in [0.15, 0.2) is 45.8 Å². The Bertz CT molecular complexity index is 759. The number of aromatic carboxylic acids is 1. The van der Waals surface area contributed by atoms with Crippen LogP contribution in [0.2, 0.25) is 0 Å². The predicted molar refractivity (Wildman–Crippen MR) is 71.4 cm³/mol. The molecule has 2 rings (SSSR count). The first-order valence-corrected chi connectivity index (χ1v) is 5.98. The molecule has 19 heavy (non-hydrogen) atoms. The Morgan fingerprint density at radius 2 is 2.05 bits per heavy atom. The van der Waals surface area contributed by atoms with Crippen LogP contribution in [-0.2, 0) is 0 Å². The molecule has 0 saturated carbocycles. The summed E-state index contributed by atoms with van der Waals surface area (Å²) in [6, 6.07) is 9.18. The third-order valence-corrected chi connectivity index (χ3v) is 2.99. The average molecular weight is 319 g/mol. The van der Waals surface area contributed by atoms with Gasteiger partial charge in [0.05, 0.1) is 16.8 Å². The molecule has 6 heteroatoms. The monoisotopic (exact) mass is 318 g/mol. The minimum absolute atomic E-state index is 0.0218. The van der Waals surface area contributed by atoms with Gasteiger partial charge in [0.15, 0.2) is 0 Å². The van der Waals surface area contributed by atoms with Crippen LogP contribution in [0.1, 0.15) is 15.9 Å². The molecule has 1 aromatic carbocycles. The maximum atomic E-state index is 11.8. The van der Waals surface area contributed by atoms with E-state index in [1.165, 1.54) is 12.3 Å². The second kappa shape index (κ2) is 5.08. The number of pyridine rings is 1. The van der Waals surface area contributed by atoms with Gasteiger partial charge in [0.2, 0.25) is 0 Å². The molecule has 0 amide bonds. The lowest BCUT2D eigenvalue weighted by molar-refractivity contribution is 0.0696. The maximum absolute atomic E-state index is 11.8. The highest BCUT2D eigenvalue weighted by Gasteiger charge is 2.10. The highest BCUT2D eigenvalue weighted by molar-refractivity contribution is 9.10. The van der Waals surface area contributed by atoms with E-state index in [9.17, 15) is 9.59 Å². The van der Waals surface area contributed by atoms with Gasteiger partial charge in [-0.3, -0.25) is 9.36 Å². The van der Waals surface area contributed by atoms with Gasteiger partial charge in [-0.2, -0.15) is 5.26 Å². The smallest absolute Gasteiger partial charge is 0.337 e. The summed E-state index contributed by atoms with van der Waals surface area (Å²) in [5, 5.41) is 18.0. The van der Waals surface area contributed by atoms with Crippen molar-refractivity contribution in [3.8, 4) is 11.8 Å². The molecule has 0 unspecified atom stereocenters. The molecule has 5 nitrogen and oxygen atoms in total. The summed E-state index contributed by atoms with van der Waals surface area (Å²) in [6.07, 6.45) is 1.20. The van der Waals surface area contributed by atoms with Crippen LogP contribution < -0.4 is 5.56 Å². The quantitative estimate of drug-likeness (QED) is 0.919. The summed E-state index contributed by atoms with van der Waals surface area (Å²) >= 11 is 3.23. The summed E-state index contributed by atoms with van der Waals surface area (Å²) in [7, 11) is 0. The van der Waals surface area contributed by atoms with Crippen molar-refractivity contribution in [1.29, 1.82) is 5.26 Å². The minimum Gasteiger partial charge on any atom is -0.478 e. The van der Waals surface area contributed by atoms with Gasteiger partial charge in [-0.05, 0) is 24.3 Å². The zero-order chi connectivity index (χ0) is 14.0. The molecule has 0 aliphatic carbocycles. The van der Waals surface area contributed by atoms with Crippen LogP contribution >= 0.6 is 15.9 Å². The molecule has 0 spiro atoms. The fraction of sp³-hybridized carbons (Fsp3) is 0. The van der Waals surface area contributed by atoms with E-state index in [1.54, 1.807) is 18.2 Å². The lowest BCUT2D eigenvalue weighted by Gasteiger charge is -2.08. The fourth-order valence-electron chi connectivity index (χ4n) is 1.61. The molecule has 0 aliphatic heterocycles. The van der Waals surface area contributed by atoms with Gasteiger partial charge >= 0.3 is 5.97 Å². The number of hydrogen-bond acceptors (Lipinski definition) is 3. The number of halogens is 1. The molecule has 0 bridgehead atoms. The molecule has 94 valence electrons. The number of carboxylic acids is 1. The lowest BCUT2D eigenvalue weighted by Crippen LogP contribution is -2.19. The average Bonchev–Trinajstić information content (AvgIpc) is 2.39. The van der Waals surface area contributed by atoms with Crippen LogP contribution in [-0.4, -0.2) is 15.6 Å². The van der Waals surface area contributed by atoms with Crippen molar-refractivity contribution in [3.63, 3.8) is 0 Å². The van der Waals surface area contributed by atoms with Crippen molar-refractivity contribution in [3.05, 3.63) is 62.5 Å². The number of carbonyl (C=O) groups is 1. The third-order valence-electron chi connectivity index (χ3n) is 2.50. The summed E-state index contributed by atoms with van der Waals surface area (Å²) in [5.74, 6) is -1.13. The molecule has 0 saturated heterocycles. The second-order valence-corrected chi connectivity index (χ2v) is 4.62. The van der Waals surface area contributed by atoms with Gasteiger partial charge in [0.25, 0.3) is 5.56 Å². The van der Waals surface area contributed by atoms with Gasteiger partial charge < -0.3 is 5.11 Å². The molecule has 2 aromatic rings. The molecular weight excluding hydrogens is 312 g/mol. The molecule has 0 aliphatic rings. The van der Waals surface area contributed by atoms with Crippen molar-refractivity contribution in [2.75, 3.05) is 0 Å².